The van der Waals surface area contributed by atoms with E-state index in [9.17, 15) is 0 Å². The molecule has 0 spiro atoms. The highest BCUT2D eigenvalue weighted by Gasteiger charge is 2.20. The van der Waals surface area contributed by atoms with Crippen LogP contribution in [0.1, 0.15) is 54.9 Å². The van der Waals surface area contributed by atoms with Crippen LogP contribution < -0.4 is 0 Å². The van der Waals surface area contributed by atoms with E-state index < -0.39 is 8.30 Å². The van der Waals surface area contributed by atoms with Gasteiger partial charge in [-0.25, -0.2) is 0 Å². The highest BCUT2D eigenvalue weighted by atomic mass is 31.2. The molecule has 0 rings (SSSR count). The molecule has 1 atom stereocenters. The summed E-state index contributed by atoms with van der Waals surface area (Å²) < 4.78 is 8.22. The van der Waals surface area contributed by atoms with Gasteiger partial charge in [-0.15, -0.1) is 0 Å². The second-order valence-electron chi connectivity index (χ2n) is 3.86. The molecule has 3 heteroatoms. The lowest BCUT2D eigenvalue weighted by atomic mass is 10.3. The summed E-state index contributed by atoms with van der Waals surface area (Å²) in [6, 6.07) is 1.15. The van der Waals surface area contributed by atoms with Crippen LogP contribution >= 0.6 is 8.30 Å². The van der Waals surface area contributed by atoms with Gasteiger partial charge in [-0.05, 0) is 40.8 Å². The van der Waals surface area contributed by atoms with Crippen LogP contribution in [0.3, 0.4) is 0 Å². The largest absolute Gasteiger partial charge is 0.344 e. The zero-order valence-electron chi connectivity index (χ0n) is 11.9. The molecule has 0 fully saturated rings. The first-order valence-corrected chi connectivity index (χ1v) is 7.81. The lowest BCUT2D eigenvalue weighted by molar-refractivity contribution is 0.256. The first-order valence-electron chi connectivity index (χ1n) is 6.15. The normalized spacial score (nSPS) is 13.0. The molecule has 0 aliphatic carbocycles. The molecule has 2 nitrogen and oxygen atoms in total. The Balaban J connectivity index is 0. The van der Waals surface area contributed by atoms with Gasteiger partial charge in [-0.3, -0.25) is 4.67 Å². The van der Waals surface area contributed by atoms with Crippen molar-refractivity contribution < 1.29 is 4.52 Å². The third kappa shape index (κ3) is 8.19. The van der Waals surface area contributed by atoms with Crippen LogP contribution in [-0.4, -0.2) is 30.0 Å². The van der Waals surface area contributed by atoms with Gasteiger partial charge in [0.25, 0.3) is 0 Å². The van der Waals surface area contributed by atoms with Gasteiger partial charge in [-0.2, -0.15) is 0 Å². The SMILES string of the molecule is CC.CCCOP(C)N(C(C)C)C(C)C. The number of hydrogen-bond acceptors (Lipinski definition) is 2. The molecule has 0 saturated carbocycles. The van der Waals surface area contributed by atoms with E-state index in [1.807, 2.05) is 13.8 Å². The van der Waals surface area contributed by atoms with Crippen molar-refractivity contribution in [3.05, 3.63) is 0 Å². The highest BCUT2D eigenvalue weighted by Crippen LogP contribution is 2.40. The molecule has 0 aliphatic rings. The van der Waals surface area contributed by atoms with E-state index in [0.29, 0.717) is 12.1 Å². The van der Waals surface area contributed by atoms with Crippen molar-refractivity contribution in [3.8, 4) is 0 Å². The predicted octanol–water partition coefficient (Wildman–Crippen LogP) is 4.50. The maximum absolute atomic E-state index is 5.77. The Morgan fingerprint density at radius 1 is 1.07 bits per heavy atom. The van der Waals surface area contributed by atoms with Gasteiger partial charge in [0, 0.05) is 12.1 Å². The summed E-state index contributed by atoms with van der Waals surface area (Å²) in [6.07, 6.45) is 1.11. The van der Waals surface area contributed by atoms with Crippen molar-refractivity contribution in [2.24, 2.45) is 0 Å². The van der Waals surface area contributed by atoms with E-state index in [4.69, 9.17) is 4.52 Å². The molecule has 0 bridgehead atoms. The molecule has 0 aromatic rings. The summed E-state index contributed by atoms with van der Waals surface area (Å²) in [4.78, 5) is 0. The van der Waals surface area contributed by atoms with Crippen molar-refractivity contribution >= 4 is 8.30 Å². The molecule has 0 aromatic carbocycles. The van der Waals surface area contributed by atoms with Crippen LogP contribution in [-0.2, 0) is 4.52 Å². The maximum Gasteiger partial charge on any atom is 0.101 e. The Labute approximate surface area is 98.3 Å². The summed E-state index contributed by atoms with van der Waals surface area (Å²) in [6.45, 7) is 18.2. The topological polar surface area (TPSA) is 12.5 Å². The minimum Gasteiger partial charge on any atom is -0.344 e. The van der Waals surface area contributed by atoms with E-state index in [-0.39, 0.29) is 0 Å². The molecule has 15 heavy (non-hydrogen) atoms. The predicted molar refractivity (Wildman–Crippen MR) is 72.5 cm³/mol. The van der Waals surface area contributed by atoms with Gasteiger partial charge in [0.1, 0.15) is 8.30 Å². The Bertz CT molecular complexity index is 121. The summed E-state index contributed by atoms with van der Waals surface area (Å²) in [7, 11) is -0.395. The Morgan fingerprint density at radius 3 is 1.73 bits per heavy atom. The maximum atomic E-state index is 5.77. The van der Waals surface area contributed by atoms with Crippen molar-refractivity contribution in [1.29, 1.82) is 0 Å². The molecule has 94 valence electrons. The average molecular weight is 235 g/mol. The van der Waals surface area contributed by atoms with Crippen LogP contribution in [0.4, 0.5) is 0 Å². The van der Waals surface area contributed by atoms with Crippen LogP contribution in [0.2, 0.25) is 0 Å². The van der Waals surface area contributed by atoms with Gasteiger partial charge >= 0.3 is 0 Å². The lowest BCUT2D eigenvalue weighted by Crippen LogP contribution is -2.32. The van der Waals surface area contributed by atoms with Crippen LogP contribution in [0.25, 0.3) is 0 Å². The fraction of sp³-hybridized carbons (Fsp3) is 1.00. The van der Waals surface area contributed by atoms with E-state index in [1.54, 1.807) is 0 Å². The van der Waals surface area contributed by atoms with Crippen molar-refractivity contribution in [3.63, 3.8) is 0 Å². The second kappa shape index (κ2) is 10.9. The number of nitrogens with zero attached hydrogens (tertiary/aromatic N) is 1. The van der Waals surface area contributed by atoms with Crippen molar-refractivity contribution in [1.82, 2.24) is 4.67 Å². The minimum atomic E-state index is -0.395. The molecule has 0 heterocycles. The van der Waals surface area contributed by atoms with Crippen LogP contribution in [0.15, 0.2) is 0 Å². The molecule has 1 unspecified atom stereocenters. The highest BCUT2D eigenvalue weighted by molar-refractivity contribution is 7.49. The van der Waals surface area contributed by atoms with Gasteiger partial charge in [0.15, 0.2) is 0 Å². The smallest absolute Gasteiger partial charge is 0.101 e. The van der Waals surface area contributed by atoms with E-state index in [1.165, 1.54) is 0 Å². The fourth-order valence-corrected chi connectivity index (χ4v) is 3.42. The van der Waals surface area contributed by atoms with Gasteiger partial charge in [-0.1, -0.05) is 20.8 Å². The zero-order chi connectivity index (χ0) is 12.4. The molecule has 0 radical (unpaired) electrons. The van der Waals surface area contributed by atoms with Crippen molar-refractivity contribution in [2.75, 3.05) is 13.3 Å². The van der Waals surface area contributed by atoms with E-state index >= 15 is 0 Å². The first-order chi connectivity index (χ1) is 7.00. The quantitative estimate of drug-likeness (QED) is 0.628. The lowest BCUT2D eigenvalue weighted by Gasteiger charge is -2.35. The fourth-order valence-electron chi connectivity index (χ4n) is 1.54. The van der Waals surface area contributed by atoms with Crippen molar-refractivity contribution in [2.45, 2.75) is 67.0 Å². The van der Waals surface area contributed by atoms with Gasteiger partial charge in [0.2, 0.25) is 0 Å². The average Bonchev–Trinajstić information content (AvgIpc) is 2.16. The monoisotopic (exact) mass is 235 g/mol. The molecule has 0 amide bonds. The molecule has 0 N–H and O–H groups in total. The van der Waals surface area contributed by atoms with Gasteiger partial charge in [0.05, 0.1) is 6.61 Å². The minimum absolute atomic E-state index is 0.395. The molecule has 0 aliphatic heterocycles. The van der Waals surface area contributed by atoms with Crippen LogP contribution in [0.5, 0.6) is 0 Å². The van der Waals surface area contributed by atoms with Crippen LogP contribution in [0, 0.1) is 0 Å². The summed E-state index contributed by atoms with van der Waals surface area (Å²) >= 11 is 0. The zero-order valence-corrected chi connectivity index (χ0v) is 12.8. The first kappa shape index (κ1) is 17.7. The number of hydrogen-bond donors (Lipinski definition) is 0. The Hall–Kier alpha value is 0.350. The Morgan fingerprint density at radius 2 is 1.47 bits per heavy atom. The standard InChI is InChI=1S/C10H24NOP.C2H6/c1-7-8-12-13(6)11(9(2)3)10(4)5;1-2/h9-10H,7-8H2,1-6H3;1-2H3. The Kier molecular flexibility index (Phi) is 12.8. The molecular weight excluding hydrogens is 205 g/mol. The molecule has 0 aromatic heterocycles. The molecule has 0 saturated heterocycles. The third-order valence-electron chi connectivity index (χ3n) is 1.87. The molecular formula is C12H30NOP. The van der Waals surface area contributed by atoms with E-state index in [0.717, 1.165) is 13.0 Å². The number of rotatable bonds is 6. The second-order valence-corrected chi connectivity index (χ2v) is 5.51. The summed E-state index contributed by atoms with van der Waals surface area (Å²) in [5, 5.41) is 0. The summed E-state index contributed by atoms with van der Waals surface area (Å²) in [5.74, 6) is 0. The van der Waals surface area contributed by atoms with E-state index in [2.05, 4.69) is 46.0 Å². The summed E-state index contributed by atoms with van der Waals surface area (Å²) in [5.41, 5.74) is 0. The third-order valence-corrected chi connectivity index (χ3v) is 4.00. The van der Waals surface area contributed by atoms with Gasteiger partial charge < -0.3 is 4.52 Å².